The van der Waals surface area contributed by atoms with Gasteiger partial charge in [-0.1, -0.05) is 0 Å². The zero-order chi connectivity index (χ0) is 13.6. The summed E-state index contributed by atoms with van der Waals surface area (Å²) in [4.78, 5) is 0. The molecule has 0 aliphatic carbocycles. The van der Waals surface area contributed by atoms with Crippen LogP contribution in [0.15, 0.2) is 36.4 Å². The maximum absolute atomic E-state index is 2.62. The normalized spacial score (nSPS) is 14.8. The van der Waals surface area contributed by atoms with E-state index in [-0.39, 0.29) is 15.9 Å². The van der Waals surface area contributed by atoms with Gasteiger partial charge in [0.25, 0.3) is 0 Å². The molecule has 2 radical (unpaired) electrons. The van der Waals surface area contributed by atoms with Crippen LogP contribution in [0.1, 0.15) is 27.7 Å². The van der Waals surface area contributed by atoms with Gasteiger partial charge in [0.1, 0.15) is 0 Å². The first-order chi connectivity index (χ1) is 9.09. The van der Waals surface area contributed by atoms with Gasteiger partial charge in [-0.3, -0.25) is 0 Å². The quantitative estimate of drug-likeness (QED) is 0.778. The zero-order valence-electron chi connectivity index (χ0n) is 12.0. The van der Waals surface area contributed by atoms with Crippen molar-refractivity contribution in [3.63, 3.8) is 0 Å². The molecule has 3 rings (SSSR count). The molecule has 0 spiro atoms. The van der Waals surface area contributed by atoms with Gasteiger partial charge in [-0.05, 0) is 0 Å². The van der Waals surface area contributed by atoms with E-state index in [0.717, 1.165) is 0 Å². The van der Waals surface area contributed by atoms with Gasteiger partial charge in [-0.25, -0.2) is 0 Å². The third kappa shape index (κ3) is 2.02. The molecule has 98 valence electrons. The Kier molecular flexibility index (Phi) is 3.21. The Hall–Kier alpha value is -1.16. The summed E-state index contributed by atoms with van der Waals surface area (Å²) in [6.45, 7) is 9.20. The van der Waals surface area contributed by atoms with E-state index in [9.17, 15) is 0 Å². The Morgan fingerprint density at radius 1 is 0.789 bits per heavy atom. The molecule has 1 aliphatic rings. The Morgan fingerprint density at radius 3 is 1.68 bits per heavy atom. The molecule has 0 bridgehead atoms. The van der Waals surface area contributed by atoms with Crippen LogP contribution >= 0.6 is 0 Å². The number of anilines is 2. The second kappa shape index (κ2) is 4.75. The van der Waals surface area contributed by atoms with Crippen molar-refractivity contribution in [1.29, 1.82) is 0 Å². The average Bonchev–Trinajstić information content (AvgIpc) is 2.39. The first kappa shape index (κ1) is 12.9. The van der Waals surface area contributed by atoms with E-state index in [4.69, 9.17) is 0 Å². The first-order valence-electron chi connectivity index (χ1n) is 6.96. The van der Waals surface area contributed by atoms with Gasteiger partial charge in [0.05, 0.1) is 0 Å². The van der Waals surface area contributed by atoms with E-state index < -0.39 is 0 Å². The molecule has 0 atom stereocenters. The van der Waals surface area contributed by atoms with Gasteiger partial charge in [0, 0.05) is 0 Å². The topological polar surface area (TPSA) is 6.48 Å². The summed E-state index contributed by atoms with van der Waals surface area (Å²) < 4.78 is 5.24. The van der Waals surface area contributed by atoms with E-state index in [1.165, 1.54) is 22.1 Å². The molecule has 1 heterocycles. The molecule has 19 heavy (non-hydrogen) atoms. The van der Waals surface area contributed by atoms with Crippen LogP contribution in [0.3, 0.4) is 0 Å². The van der Waals surface area contributed by atoms with Crippen molar-refractivity contribution in [3.8, 4) is 0 Å². The Bertz CT molecular complexity index is 558. The summed E-state index contributed by atoms with van der Waals surface area (Å²) in [7, 11) is 0. The number of hydrogen-bond donors (Lipinski definition) is 0. The molecule has 3 heteroatoms. The van der Waals surface area contributed by atoms with Crippen molar-refractivity contribution in [2.75, 3.05) is 7.71 Å². The van der Waals surface area contributed by atoms with Crippen LogP contribution in [0.5, 0.6) is 0 Å². The minimum atomic E-state index is -0.301. The SMILES string of the molecule is CC(C)[N]1[Ge][N](C(C)C)c2cccc3cccc1c23. The third-order valence-corrected chi connectivity index (χ3v) is 7.71. The fourth-order valence-electron chi connectivity index (χ4n) is 2.71. The van der Waals surface area contributed by atoms with E-state index in [0.29, 0.717) is 12.1 Å². The fourth-order valence-corrected chi connectivity index (χ4v) is 5.40. The van der Waals surface area contributed by atoms with Crippen LogP contribution in [0.2, 0.25) is 0 Å². The molecule has 1 aliphatic heterocycles. The molecule has 2 aromatic carbocycles. The molecule has 2 nitrogen and oxygen atoms in total. The summed E-state index contributed by atoms with van der Waals surface area (Å²) in [5.41, 5.74) is 2.86. The Balaban J connectivity index is 2.30. The van der Waals surface area contributed by atoms with Gasteiger partial charge in [0.2, 0.25) is 0 Å². The number of hydrogen-bond acceptors (Lipinski definition) is 2. The molecule has 0 saturated heterocycles. The summed E-state index contributed by atoms with van der Waals surface area (Å²) in [5, 5.41) is 2.79. The van der Waals surface area contributed by atoms with Crippen LogP contribution < -0.4 is 7.71 Å². The standard InChI is InChI=1S/C16H20GeN2/c1-11(2)18-14-9-5-7-13-8-6-10-15(16(13)14)19(17-18)12(3)4/h5-12H,1-4H3. The molecular formula is C16H20GeN2. The Morgan fingerprint density at radius 2 is 1.26 bits per heavy atom. The molecule has 0 saturated carbocycles. The minimum absolute atomic E-state index is 0.301. The monoisotopic (exact) mass is 314 g/mol. The second-order valence-corrected chi connectivity index (χ2v) is 8.12. The van der Waals surface area contributed by atoms with Crippen molar-refractivity contribution >= 4 is 38.0 Å². The predicted molar refractivity (Wildman–Crippen MR) is 84.9 cm³/mol. The van der Waals surface area contributed by atoms with Gasteiger partial charge in [0.15, 0.2) is 0 Å². The van der Waals surface area contributed by atoms with Crippen molar-refractivity contribution in [3.05, 3.63) is 36.4 Å². The number of nitrogens with zero attached hydrogens (tertiary/aromatic N) is 2. The van der Waals surface area contributed by atoms with Crippen LogP contribution in [-0.4, -0.2) is 28.0 Å². The van der Waals surface area contributed by atoms with Crippen molar-refractivity contribution in [2.45, 2.75) is 39.8 Å². The molecule has 0 amide bonds. The van der Waals surface area contributed by atoms with E-state index in [1.54, 1.807) is 0 Å². The molecule has 2 aromatic rings. The van der Waals surface area contributed by atoms with Crippen molar-refractivity contribution in [2.24, 2.45) is 0 Å². The van der Waals surface area contributed by atoms with Crippen LogP contribution in [-0.2, 0) is 0 Å². The molecule has 0 aromatic heterocycles. The second-order valence-electron chi connectivity index (χ2n) is 5.68. The van der Waals surface area contributed by atoms with Crippen molar-refractivity contribution < 1.29 is 0 Å². The van der Waals surface area contributed by atoms with E-state index in [2.05, 4.69) is 71.8 Å². The summed E-state index contributed by atoms with van der Waals surface area (Å²) in [5.74, 6) is 0. The van der Waals surface area contributed by atoms with E-state index in [1.807, 2.05) is 0 Å². The van der Waals surface area contributed by atoms with E-state index >= 15 is 0 Å². The maximum atomic E-state index is 2.62. The number of rotatable bonds is 2. The summed E-state index contributed by atoms with van der Waals surface area (Å²) in [6.07, 6.45) is 0. The van der Waals surface area contributed by atoms with Gasteiger partial charge >= 0.3 is 122 Å². The molecule has 0 N–H and O–H groups in total. The molecule has 0 fully saturated rings. The fraction of sp³-hybridized carbons (Fsp3) is 0.375. The van der Waals surface area contributed by atoms with Crippen LogP contribution in [0.25, 0.3) is 10.8 Å². The summed E-state index contributed by atoms with van der Waals surface area (Å²) in [6, 6.07) is 14.5. The molecular weight excluding hydrogens is 293 g/mol. The summed E-state index contributed by atoms with van der Waals surface area (Å²) >= 11 is -0.301. The van der Waals surface area contributed by atoms with Gasteiger partial charge < -0.3 is 0 Å². The van der Waals surface area contributed by atoms with Crippen LogP contribution in [0.4, 0.5) is 11.4 Å². The third-order valence-electron chi connectivity index (χ3n) is 3.63. The first-order valence-corrected chi connectivity index (χ1v) is 8.83. The number of benzene rings is 2. The molecule has 0 unspecified atom stereocenters. The Labute approximate surface area is 122 Å². The van der Waals surface area contributed by atoms with Gasteiger partial charge in [-0.2, -0.15) is 0 Å². The van der Waals surface area contributed by atoms with Gasteiger partial charge in [-0.15, -0.1) is 0 Å². The average molecular weight is 313 g/mol. The zero-order valence-corrected chi connectivity index (χ0v) is 14.1. The van der Waals surface area contributed by atoms with Crippen LogP contribution in [0, 0.1) is 0 Å². The van der Waals surface area contributed by atoms with Crippen molar-refractivity contribution in [1.82, 2.24) is 0 Å². The predicted octanol–water partition coefficient (Wildman–Crippen LogP) is 3.82.